The molecule has 2 rings (SSSR count). The fourth-order valence-corrected chi connectivity index (χ4v) is 2.39. The molecule has 0 unspecified atom stereocenters. The summed E-state index contributed by atoms with van der Waals surface area (Å²) in [6, 6.07) is 9.85. The van der Waals surface area contributed by atoms with Crippen LogP contribution in [0.4, 0.5) is 5.69 Å². The van der Waals surface area contributed by atoms with Crippen molar-refractivity contribution < 1.29 is 23.8 Å². The van der Waals surface area contributed by atoms with Gasteiger partial charge in [0.05, 0.1) is 26.9 Å². The van der Waals surface area contributed by atoms with Crippen molar-refractivity contribution in [2.45, 2.75) is 0 Å². The Bertz CT molecular complexity index is 818. The first kappa shape index (κ1) is 19.1. The maximum atomic E-state index is 12.7. The summed E-state index contributed by atoms with van der Waals surface area (Å²) in [6.45, 7) is 0. The van der Waals surface area contributed by atoms with E-state index >= 15 is 0 Å². The van der Waals surface area contributed by atoms with E-state index in [4.69, 9.17) is 14.2 Å². The zero-order chi connectivity index (χ0) is 19.3. The van der Waals surface area contributed by atoms with Crippen molar-refractivity contribution in [1.29, 1.82) is 0 Å². The van der Waals surface area contributed by atoms with E-state index in [2.05, 4.69) is 5.32 Å². The second kappa shape index (κ2) is 8.24. The Morgan fingerprint density at radius 3 is 2.08 bits per heavy atom. The number of ether oxygens (including phenoxy) is 3. The number of nitrogens with zero attached hydrogens (tertiary/aromatic N) is 1. The highest BCUT2D eigenvalue weighted by atomic mass is 16.5. The summed E-state index contributed by atoms with van der Waals surface area (Å²) in [6.07, 6.45) is 0. The normalized spacial score (nSPS) is 10.0. The van der Waals surface area contributed by atoms with Crippen LogP contribution in [-0.4, -0.2) is 52.1 Å². The van der Waals surface area contributed by atoms with Crippen LogP contribution < -0.4 is 19.5 Å². The maximum absolute atomic E-state index is 12.7. The second-order valence-corrected chi connectivity index (χ2v) is 5.64. The van der Waals surface area contributed by atoms with Crippen LogP contribution in [0.5, 0.6) is 17.2 Å². The molecular formula is C19H22N2O5. The SMILES string of the molecule is COc1cc(OC)c(C(=O)Nc2cccc(C(=O)N(C)C)c2)cc1OC. The molecule has 2 aromatic carbocycles. The van der Waals surface area contributed by atoms with Gasteiger partial charge in [-0.05, 0) is 18.2 Å². The average molecular weight is 358 g/mol. The summed E-state index contributed by atoms with van der Waals surface area (Å²) < 4.78 is 15.7. The number of hydrogen-bond donors (Lipinski definition) is 1. The quantitative estimate of drug-likeness (QED) is 0.859. The van der Waals surface area contributed by atoms with E-state index in [1.165, 1.54) is 26.2 Å². The van der Waals surface area contributed by atoms with Gasteiger partial charge in [-0.2, -0.15) is 0 Å². The van der Waals surface area contributed by atoms with E-state index in [1.54, 1.807) is 50.5 Å². The van der Waals surface area contributed by atoms with E-state index in [0.29, 0.717) is 28.5 Å². The molecule has 0 heterocycles. The van der Waals surface area contributed by atoms with Gasteiger partial charge in [0.15, 0.2) is 11.5 Å². The highest BCUT2D eigenvalue weighted by molar-refractivity contribution is 6.07. The van der Waals surface area contributed by atoms with Gasteiger partial charge < -0.3 is 24.4 Å². The summed E-state index contributed by atoms with van der Waals surface area (Å²) in [5, 5.41) is 2.77. The minimum Gasteiger partial charge on any atom is -0.496 e. The molecule has 0 aliphatic rings. The summed E-state index contributed by atoms with van der Waals surface area (Å²) in [7, 11) is 7.80. The van der Waals surface area contributed by atoms with E-state index in [1.807, 2.05) is 0 Å². The van der Waals surface area contributed by atoms with Crippen LogP contribution in [0.3, 0.4) is 0 Å². The Balaban J connectivity index is 2.33. The monoisotopic (exact) mass is 358 g/mol. The first-order valence-electron chi connectivity index (χ1n) is 7.84. The number of nitrogens with one attached hydrogen (secondary N) is 1. The van der Waals surface area contributed by atoms with Gasteiger partial charge in [0.25, 0.3) is 11.8 Å². The lowest BCUT2D eigenvalue weighted by Crippen LogP contribution is -2.22. The van der Waals surface area contributed by atoms with Gasteiger partial charge in [-0.25, -0.2) is 0 Å². The van der Waals surface area contributed by atoms with Crippen LogP contribution in [0.15, 0.2) is 36.4 Å². The molecular weight excluding hydrogens is 336 g/mol. The highest BCUT2D eigenvalue weighted by Gasteiger charge is 2.18. The van der Waals surface area contributed by atoms with Crippen molar-refractivity contribution in [1.82, 2.24) is 4.90 Å². The Morgan fingerprint density at radius 1 is 0.885 bits per heavy atom. The molecule has 0 aliphatic carbocycles. The maximum Gasteiger partial charge on any atom is 0.259 e. The smallest absolute Gasteiger partial charge is 0.259 e. The van der Waals surface area contributed by atoms with Gasteiger partial charge in [-0.1, -0.05) is 6.07 Å². The lowest BCUT2D eigenvalue weighted by atomic mass is 10.1. The van der Waals surface area contributed by atoms with E-state index in [9.17, 15) is 9.59 Å². The van der Waals surface area contributed by atoms with Crippen molar-refractivity contribution >= 4 is 17.5 Å². The van der Waals surface area contributed by atoms with Crippen molar-refractivity contribution in [3.05, 3.63) is 47.5 Å². The predicted octanol–water partition coefficient (Wildman–Crippen LogP) is 2.67. The van der Waals surface area contributed by atoms with Gasteiger partial charge >= 0.3 is 0 Å². The molecule has 2 aromatic rings. The lowest BCUT2D eigenvalue weighted by molar-refractivity contribution is 0.0827. The summed E-state index contributed by atoms with van der Waals surface area (Å²) >= 11 is 0. The zero-order valence-electron chi connectivity index (χ0n) is 15.5. The number of hydrogen-bond acceptors (Lipinski definition) is 5. The molecule has 0 aliphatic heterocycles. The van der Waals surface area contributed by atoms with Gasteiger partial charge in [-0.15, -0.1) is 0 Å². The largest absolute Gasteiger partial charge is 0.496 e. The molecule has 0 spiro atoms. The Hall–Kier alpha value is -3.22. The number of methoxy groups -OCH3 is 3. The number of rotatable bonds is 6. The van der Waals surface area contributed by atoms with Gasteiger partial charge in [0.2, 0.25) is 0 Å². The van der Waals surface area contributed by atoms with Crippen LogP contribution in [0.1, 0.15) is 20.7 Å². The fourth-order valence-electron chi connectivity index (χ4n) is 2.39. The first-order chi connectivity index (χ1) is 12.4. The van der Waals surface area contributed by atoms with Crippen molar-refractivity contribution in [3.63, 3.8) is 0 Å². The van der Waals surface area contributed by atoms with Crippen LogP contribution in [0.2, 0.25) is 0 Å². The van der Waals surface area contributed by atoms with Crippen LogP contribution in [0, 0.1) is 0 Å². The fraction of sp³-hybridized carbons (Fsp3) is 0.263. The number of benzene rings is 2. The third-order valence-corrected chi connectivity index (χ3v) is 3.72. The molecule has 0 saturated carbocycles. The lowest BCUT2D eigenvalue weighted by Gasteiger charge is -2.15. The highest BCUT2D eigenvalue weighted by Crippen LogP contribution is 2.35. The molecule has 138 valence electrons. The van der Waals surface area contributed by atoms with E-state index < -0.39 is 5.91 Å². The zero-order valence-corrected chi connectivity index (χ0v) is 15.5. The standard InChI is InChI=1S/C19H22N2O5/c1-21(2)19(23)12-7-6-8-13(9-12)20-18(22)14-10-16(25-4)17(26-5)11-15(14)24-3/h6-11H,1-5H3,(H,20,22). The minimum atomic E-state index is -0.391. The summed E-state index contributed by atoms with van der Waals surface area (Å²) in [4.78, 5) is 26.2. The van der Waals surface area contributed by atoms with Gasteiger partial charge in [0.1, 0.15) is 5.75 Å². The molecule has 0 bridgehead atoms. The molecule has 2 amide bonds. The van der Waals surface area contributed by atoms with Crippen molar-refractivity contribution in [2.75, 3.05) is 40.7 Å². The Morgan fingerprint density at radius 2 is 1.50 bits per heavy atom. The molecule has 26 heavy (non-hydrogen) atoms. The third-order valence-electron chi connectivity index (χ3n) is 3.72. The molecule has 1 N–H and O–H groups in total. The van der Waals surface area contributed by atoms with Gasteiger partial charge in [-0.3, -0.25) is 9.59 Å². The summed E-state index contributed by atoms with van der Waals surface area (Å²) in [5.41, 5.74) is 1.26. The third kappa shape index (κ3) is 4.05. The number of amides is 2. The molecule has 7 heteroatoms. The van der Waals surface area contributed by atoms with Crippen LogP contribution in [0.25, 0.3) is 0 Å². The van der Waals surface area contributed by atoms with Crippen LogP contribution >= 0.6 is 0 Å². The van der Waals surface area contributed by atoms with E-state index in [-0.39, 0.29) is 11.5 Å². The molecule has 0 radical (unpaired) electrons. The van der Waals surface area contributed by atoms with E-state index in [0.717, 1.165) is 0 Å². The van der Waals surface area contributed by atoms with Crippen molar-refractivity contribution in [2.24, 2.45) is 0 Å². The Kier molecular flexibility index (Phi) is 6.06. The van der Waals surface area contributed by atoms with Gasteiger partial charge in [0, 0.05) is 37.5 Å². The minimum absolute atomic E-state index is 0.148. The van der Waals surface area contributed by atoms with Crippen LogP contribution in [-0.2, 0) is 0 Å². The number of carbonyl (C=O) groups is 2. The molecule has 0 aromatic heterocycles. The molecule has 7 nitrogen and oxygen atoms in total. The Labute approximate surface area is 152 Å². The average Bonchev–Trinajstić information content (AvgIpc) is 2.66. The predicted molar refractivity (Wildman–Crippen MR) is 98.5 cm³/mol. The molecule has 0 fully saturated rings. The number of anilines is 1. The topological polar surface area (TPSA) is 77.1 Å². The number of carbonyl (C=O) groups excluding carboxylic acids is 2. The molecule has 0 saturated heterocycles. The second-order valence-electron chi connectivity index (χ2n) is 5.64. The van der Waals surface area contributed by atoms with Crippen molar-refractivity contribution in [3.8, 4) is 17.2 Å². The molecule has 0 atom stereocenters. The summed E-state index contributed by atoms with van der Waals surface area (Å²) in [5.74, 6) is 0.678. The first-order valence-corrected chi connectivity index (χ1v) is 7.84.